The van der Waals surface area contributed by atoms with Crippen molar-refractivity contribution in [1.29, 1.82) is 0 Å². The van der Waals surface area contributed by atoms with Crippen LogP contribution in [-0.4, -0.2) is 25.6 Å². The Balaban J connectivity index is 2.69. The van der Waals surface area contributed by atoms with Crippen LogP contribution in [0.15, 0.2) is 36.4 Å². The second-order valence-corrected chi connectivity index (χ2v) is 4.23. The van der Waals surface area contributed by atoms with Crippen LogP contribution in [0.1, 0.15) is 15.9 Å². The van der Waals surface area contributed by atoms with E-state index in [0.29, 0.717) is 22.6 Å². The Labute approximate surface area is 117 Å². The van der Waals surface area contributed by atoms with Crippen LogP contribution in [0.3, 0.4) is 0 Å². The van der Waals surface area contributed by atoms with Crippen molar-refractivity contribution in [1.82, 2.24) is 0 Å². The Kier molecular flexibility index (Phi) is 4.38. The number of hydrogen-bond acceptors (Lipinski definition) is 4. The van der Waals surface area contributed by atoms with Gasteiger partial charge < -0.3 is 14.6 Å². The molecule has 0 bridgehead atoms. The van der Waals surface area contributed by atoms with Crippen LogP contribution in [0.25, 0.3) is 11.1 Å². The van der Waals surface area contributed by atoms with Crippen molar-refractivity contribution in [3.63, 3.8) is 0 Å². The lowest BCUT2D eigenvalue weighted by atomic mass is 9.95. The molecule has 4 heteroatoms. The second kappa shape index (κ2) is 6.21. The molecule has 0 heterocycles. The quantitative estimate of drug-likeness (QED) is 0.850. The predicted molar refractivity (Wildman–Crippen MR) is 76.3 cm³/mol. The van der Waals surface area contributed by atoms with Crippen LogP contribution in [0.2, 0.25) is 0 Å². The van der Waals surface area contributed by atoms with E-state index in [9.17, 15) is 9.90 Å². The molecule has 2 aromatic carbocycles. The molecule has 0 saturated heterocycles. The van der Waals surface area contributed by atoms with E-state index in [2.05, 4.69) is 0 Å². The number of aliphatic hydroxyl groups is 1. The lowest BCUT2D eigenvalue weighted by Crippen LogP contribution is -1.97. The highest BCUT2D eigenvalue weighted by Gasteiger charge is 2.14. The molecule has 0 aliphatic rings. The van der Waals surface area contributed by atoms with Gasteiger partial charge in [-0.1, -0.05) is 24.3 Å². The molecule has 0 saturated carbocycles. The molecule has 0 spiro atoms. The van der Waals surface area contributed by atoms with Crippen LogP contribution in [0, 0.1) is 0 Å². The third-order valence-corrected chi connectivity index (χ3v) is 3.16. The Morgan fingerprint density at radius 2 is 1.70 bits per heavy atom. The van der Waals surface area contributed by atoms with Gasteiger partial charge in [0.05, 0.1) is 20.8 Å². The molecule has 0 aliphatic carbocycles. The van der Waals surface area contributed by atoms with Crippen molar-refractivity contribution in [2.24, 2.45) is 0 Å². The summed E-state index contributed by atoms with van der Waals surface area (Å²) in [6, 6.07) is 10.8. The number of methoxy groups -OCH3 is 2. The Morgan fingerprint density at radius 3 is 2.30 bits per heavy atom. The molecule has 0 amide bonds. The Hall–Kier alpha value is -2.33. The molecule has 2 aromatic rings. The summed E-state index contributed by atoms with van der Waals surface area (Å²) in [5, 5.41) is 9.43. The fourth-order valence-corrected chi connectivity index (χ4v) is 2.15. The van der Waals surface area contributed by atoms with Crippen molar-refractivity contribution in [2.75, 3.05) is 14.2 Å². The minimum atomic E-state index is -0.0944. The molecule has 0 unspecified atom stereocenters. The summed E-state index contributed by atoms with van der Waals surface area (Å²) in [6.45, 7) is -0.0944. The van der Waals surface area contributed by atoms with E-state index in [0.717, 1.165) is 17.4 Å². The first-order valence-electron chi connectivity index (χ1n) is 6.15. The van der Waals surface area contributed by atoms with Crippen molar-refractivity contribution >= 4 is 6.29 Å². The maximum atomic E-state index is 11.3. The number of benzene rings is 2. The minimum absolute atomic E-state index is 0.0944. The molecular formula is C16H16O4. The molecule has 0 fully saturated rings. The van der Waals surface area contributed by atoms with Gasteiger partial charge >= 0.3 is 0 Å². The van der Waals surface area contributed by atoms with Crippen LogP contribution >= 0.6 is 0 Å². The van der Waals surface area contributed by atoms with Crippen molar-refractivity contribution in [3.8, 4) is 22.6 Å². The molecule has 1 N–H and O–H groups in total. The van der Waals surface area contributed by atoms with Crippen molar-refractivity contribution in [2.45, 2.75) is 6.61 Å². The monoisotopic (exact) mass is 272 g/mol. The number of carbonyl (C=O) groups excluding carboxylic acids is 1. The third-order valence-electron chi connectivity index (χ3n) is 3.16. The van der Waals surface area contributed by atoms with E-state index in [-0.39, 0.29) is 6.61 Å². The molecule has 0 aliphatic heterocycles. The lowest BCUT2D eigenvalue weighted by Gasteiger charge is -2.14. The average Bonchev–Trinajstić information content (AvgIpc) is 2.53. The van der Waals surface area contributed by atoms with Gasteiger partial charge in [0.1, 0.15) is 0 Å². The first kappa shape index (κ1) is 14.1. The number of carbonyl (C=O) groups is 1. The van der Waals surface area contributed by atoms with Crippen LogP contribution in [-0.2, 0) is 6.61 Å². The van der Waals surface area contributed by atoms with E-state index in [1.54, 1.807) is 19.2 Å². The standard InChI is InChI=1S/C16H16O4/c1-19-15-7-12(10-18)14(8-16(15)20-2)13-6-4-3-5-11(13)9-17/h3-8,10,17H,9H2,1-2H3. The fraction of sp³-hybridized carbons (Fsp3) is 0.188. The summed E-state index contributed by atoms with van der Waals surface area (Å²) in [7, 11) is 3.06. The first-order valence-corrected chi connectivity index (χ1v) is 6.15. The fourth-order valence-electron chi connectivity index (χ4n) is 2.15. The summed E-state index contributed by atoms with van der Waals surface area (Å²) in [5.74, 6) is 1.04. The first-order chi connectivity index (χ1) is 9.74. The van der Waals surface area contributed by atoms with E-state index in [1.165, 1.54) is 7.11 Å². The van der Waals surface area contributed by atoms with E-state index >= 15 is 0 Å². The van der Waals surface area contributed by atoms with Crippen LogP contribution < -0.4 is 9.47 Å². The molecule has 20 heavy (non-hydrogen) atoms. The molecule has 0 aromatic heterocycles. The maximum absolute atomic E-state index is 11.3. The maximum Gasteiger partial charge on any atom is 0.161 e. The van der Waals surface area contributed by atoms with Gasteiger partial charge in [-0.25, -0.2) is 0 Å². The molecule has 4 nitrogen and oxygen atoms in total. The largest absolute Gasteiger partial charge is 0.493 e. The highest BCUT2D eigenvalue weighted by molar-refractivity contribution is 5.90. The van der Waals surface area contributed by atoms with E-state index in [4.69, 9.17) is 9.47 Å². The smallest absolute Gasteiger partial charge is 0.161 e. The summed E-state index contributed by atoms with van der Waals surface area (Å²) < 4.78 is 10.5. The van der Waals surface area contributed by atoms with E-state index in [1.807, 2.05) is 24.3 Å². The lowest BCUT2D eigenvalue weighted by molar-refractivity contribution is 0.112. The number of rotatable bonds is 5. The normalized spacial score (nSPS) is 10.2. The molecule has 104 valence electrons. The average molecular weight is 272 g/mol. The summed E-state index contributed by atoms with van der Waals surface area (Å²) >= 11 is 0. The highest BCUT2D eigenvalue weighted by atomic mass is 16.5. The van der Waals surface area contributed by atoms with Crippen molar-refractivity contribution in [3.05, 3.63) is 47.5 Å². The third kappa shape index (κ3) is 2.51. The minimum Gasteiger partial charge on any atom is -0.493 e. The summed E-state index contributed by atoms with van der Waals surface area (Å²) in [5.41, 5.74) is 2.76. The predicted octanol–water partition coefficient (Wildman–Crippen LogP) is 2.68. The zero-order valence-electron chi connectivity index (χ0n) is 11.4. The van der Waals surface area contributed by atoms with Gasteiger partial charge in [0.25, 0.3) is 0 Å². The molecule has 0 radical (unpaired) electrons. The number of aliphatic hydroxyl groups excluding tert-OH is 1. The number of aldehydes is 1. The SMILES string of the molecule is COc1cc(C=O)c(-c2ccccc2CO)cc1OC. The Morgan fingerprint density at radius 1 is 1.05 bits per heavy atom. The summed E-state index contributed by atoms with van der Waals surface area (Å²) in [4.78, 5) is 11.3. The zero-order valence-corrected chi connectivity index (χ0v) is 11.4. The van der Waals surface area contributed by atoms with Gasteiger partial charge in [0.15, 0.2) is 17.8 Å². The van der Waals surface area contributed by atoms with E-state index < -0.39 is 0 Å². The Bertz CT molecular complexity index is 620. The summed E-state index contributed by atoms with van der Waals surface area (Å²) in [6.07, 6.45) is 0.769. The van der Waals surface area contributed by atoms with Gasteiger partial charge in [-0.15, -0.1) is 0 Å². The number of hydrogen-bond donors (Lipinski definition) is 1. The van der Waals surface area contributed by atoms with Gasteiger partial charge in [-0.05, 0) is 28.8 Å². The second-order valence-electron chi connectivity index (χ2n) is 4.23. The topological polar surface area (TPSA) is 55.8 Å². The highest BCUT2D eigenvalue weighted by Crippen LogP contribution is 2.36. The molecular weight excluding hydrogens is 256 g/mol. The van der Waals surface area contributed by atoms with Crippen LogP contribution in [0.4, 0.5) is 0 Å². The van der Waals surface area contributed by atoms with Gasteiger partial charge in [-0.2, -0.15) is 0 Å². The zero-order chi connectivity index (χ0) is 14.5. The van der Waals surface area contributed by atoms with Crippen molar-refractivity contribution < 1.29 is 19.4 Å². The van der Waals surface area contributed by atoms with Crippen LogP contribution in [0.5, 0.6) is 11.5 Å². The van der Waals surface area contributed by atoms with Gasteiger partial charge in [0.2, 0.25) is 0 Å². The van der Waals surface area contributed by atoms with Gasteiger partial charge in [-0.3, -0.25) is 4.79 Å². The number of ether oxygens (including phenoxy) is 2. The van der Waals surface area contributed by atoms with Gasteiger partial charge in [0, 0.05) is 5.56 Å². The molecule has 0 atom stereocenters. The molecule has 2 rings (SSSR count).